The molecule has 82 valence electrons. The number of rotatable bonds is 4. The van der Waals surface area contributed by atoms with Gasteiger partial charge in [0, 0.05) is 7.11 Å². The Morgan fingerprint density at radius 3 is 2.87 bits per heavy atom. The maximum Gasteiger partial charge on any atom is 0.340 e. The molecule has 0 atom stereocenters. The molecule has 0 radical (unpaired) electrons. The van der Waals surface area contributed by atoms with E-state index in [1.54, 1.807) is 0 Å². The summed E-state index contributed by atoms with van der Waals surface area (Å²) in [4.78, 5) is 11.4. The Morgan fingerprint density at radius 2 is 2.20 bits per heavy atom. The molecular formula is C10H13NO4. The van der Waals surface area contributed by atoms with Crippen LogP contribution in [0.25, 0.3) is 0 Å². The van der Waals surface area contributed by atoms with E-state index < -0.39 is 5.97 Å². The van der Waals surface area contributed by atoms with Gasteiger partial charge in [-0.05, 0) is 12.1 Å². The van der Waals surface area contributed by atoms with Crippen molar-refractivity contribution in [3.8, 4) is 5.75 Å². The number of nitrogen functional groups attached to an aromatic ring is 1. The first-order valence-corrected chi connectivity index (χ1v) is 4.40. The van der Waals surface area contributed by atoms with E-state index in [1.807, 2.05) is 0 Å². The van der Waals surface area contributed by atoms with Gasteiger partial charge in [-0.1, -0.05) is 6.07 Å². The number of ether oxygens (including phenoxy) is 2. The molecule has 1 aromatic rings. The van der Waals surface area contributed by atoms with Crippen molar-refractivity contribution in [2.75, 3.05) is 26.1 Å². The SMILES string of the molecule is COCCOC(=O)c1cccc(O)c1N. The molecule has 0 saturated carbocycles. The Morgan fingerprint density at radius 1 is 1.47 bits per heavy atom. The summed E-state index contributed by atoms with van der Waals surface area (Å²) in [5.74, 6) is -0.698. The van der Waals surface area contributed by atoms with E-state index in [0.29, 0.717) is 6.61 Å². The first-order chi connectivity index (χ1) is 7.16. The number of para-hydroxylation sites is 1. The fraction of sp³-hybridized carbons (Fsp3) is 0.300. The van der Waals surface area contributed by atoms with Gasteiger partial charge in [0.2, 0.25) is 0 Å². The second-order valence-electron chi connectivity index (χ2n) is 2.87. The molecule has 0 bridgehead atoms. The van der Waals surface area contributed by atoms with Gasteiger partial charge in [0.1, 0.15) is 12.4 Å². The zero-order valence-corrected chi connectivity index (χ0v) is 8.40. The summed E-state index contributed by atoms with van der Waals surface area (Å²) in [5.41, 5.74) is 5.69. The molecule has 0 saturated heterocycles. The molecule has 0 aliphatic carbocycles. The lowest BCUT2D eigenvalue weighted by molar-refractivity contribution is 0.0389. The lowest BCUT2D eigenvalue weighted by Gasteiger charge is -2.07. The first-order valence-electron chi connectivity index (χ1n) is 4.40. The van der Waals surface area contributed by atoms with Gasteiger partial charge in [0.25, 0.3) is 0 Å². The molecule has 0 heterocycles. The van der Waals surface area contributed by atoms with Crippen LogP contribution in [-0.2, 0) is 9.47 Å². The predicted molar refractivity (Wildman–Crippen MR) is 54.7 cm³/mol. The van der Waals surface area contributed by atoms with Gasteiger partial charge >= 0.3 is 5.97 Å². The zero-order valence-electron chi connectivity index (χ0n) is 8.40. The number of anilines is 1. The fourth-order valence-electron chi connectivity index (χ4n) is 1.03. The monoisotopic (exact) mass is 211 g/mol. The summed E-state index contributed by atoms with van der Waals surface area (Å²) in [6.07, 6.45) is 0. The lowest BCUT2D eigenvalue weighted by Crippen LogP contribution is -2.11. The quantitative estimate of drug-likeness (QED) is 0.333. The molecule has 5 nitrogen and oxygen atoms in total. The third-order valence-corrected chi connectivity index (χ3v) is 1.82. The Balaban J connectivity index is 2.69. The van der Waals surface area contributed by atoms with Crippen LogP contribution >= 0.6 is 0 Å². The largest absolute Gasteiger partial charge is 0.506 e. The highest BCUT2D eigenvalue weighted by Gasteiger charge is 2.12. The number of nitrogens with two attached hydrogens (primary N) is 1. The third-order valence-electron chi connectivity index (χ3n) is 1.82. The van der Waals surface area contributed by atoms with Crippen molar-refractivity contribution in [3.05, 3.63) is 23.8 Å². The minimum absolute atomic E-state index is 0.0277. The van der Waals surface area contributed by atoms with Gasteiger partial charge in [0.05, 0.1) is 17.9 Å². The second-order valence-corrected chi connectivity index (χ2v) is 2.87. The van der Waals surface area contributed by atoms with Crippen LogP contribution < -0.4 is 5.73 Å². The molecule has 0 amide bonds. The smallest absolute Gasteiger partial charge is 0.340 e. The van der Waals surface area contributed by atoms with Crippen molar-refractivity contribution >= 4 is 11.7 Å². The van der Waals surface area contributed by atoms with Crippen LogP contribution in [0.2, 0.25) is 0 Å². The number of methoxy groups -OCH3 is 1. The number of phenols is 1. The Labute approximate surface area is 87.4 Å². The number of hydrogen-bond acceptors (Lipinski definition) is 5. The van der Waals surface area contributed by atoms with Crippen molar-refractivity contribution in [1.82, 2.24) is 0 Å². The van der Waals surface area contributed by atoms with Crippen LogP contribution in [0.15, 0.2) is 18.2 Å². The van der Waals surface area contributed by atoms with Crippen molar-refractivity contribution in [1.29, 1.82) is 0 Å². The van der Waals surface area contributed by atoms with Crippen LogP contribution in [0, 0.1) is 0 Å². The van der Waals surface area contributed by atoms with Crippen molar-refractivity contribution < 1.29 is 19.4 Å². The van der Waals surface area contributed by atoms with Crippen LogP contribution in [0.3, 0.4) is 0 Å². The highest BCUT2D eigenvalue weighted by molar-refractivity contribution is 5.96. The Kier molecular flexibility index (Phi) is 3.93. The van der Waals surface area contributed by atoms with Crippen molar-refractivity contribution in [2.24, 2.45) is 0 Å². The molecule has 5 heteroatoms. The summed E-state index contributed by atoms with van der Waals surface area (Å²) in [5, 5.41) is 9.26. The van der Waals surface area contributed by atoms with E-state index in [9.17, 15) is 9.90 Å². The minimum Gasteiger partial charge on any atom is -0.506 e. The summed E-state index contributed by atoms with van der Waals surface area (Å²) < 4.78 is 9.57. The van der Waals surface area contributed by atoms with Crippen molar-refractivity contribution in [2.45, 2.75) is 0 Å². The van der Waals surface area contributed by atoms with E-state index >= 15 is 0 Å². The Bertz CT molecular complexity index is 351. The molecule has 0 aliphatic rings. The minimum atomic E-state index is -0.569. The molecule has 1 aromatic carbocycles. The maximum atomic E-state index is 11.4. The fourth-order valence-corrected chi connectivity index (χ4v) is 1.03. The van der Waals surface area contributed by atoms with Gasteiger partial charge in [-0.2, -0.15) is 0 Å². The molecule has 3 N–H and O–H groups in total. The molecule has 0 aliphatic heterocycles. The molecule has 15 heavy (non-hydrogen) atoms. The molecule has 0 fully saturated rings. The molecular weight excluding hydrogens is 198 g/mol. The number of phenolic OH excluding ortho intramolecular Hbond substituents is 1. The van der Waals surface area contributed by atoms with Crippen LogP contribution in [0.1, 0.15) is 10.4 Å². The standard InChI is InChI=1S/C10H13NO4/c1-14-5-6-15-10(13)7-3-2-4-8(12)9(7)11/h2-4,12H,5-6,11H2,1H3. The van der Waals surface area contributed by atoms with Gasteiger partial charge in [0.15, 0.2) is 0 Å². The second kappa shape index (κ2) is 5.21. The average molecular weight is 211 g/mol. The summed E-state index contributed by atoms with van der Waals surface area (Å²) in [6, 6.07) is 4.42. The third kappa shape index (κ3) is 2.85. The predicted octanol–water partition coefficient (Wildman–Crippen LogP) is 0.778. The number of esters is 1. The molecule has 0 aromatic heterocycles. The van der Waals surface area contributed by atoms with E-state index in [1.165, 1.54) is 25.3 Å². The number of benzene rings is 1. The van der Waals surface area contributed by atoms with Gasteiger partial charge in [-0.15, -0.1) is 0 Å². The van der Waals surface area contributed by atoms with E-state index in [-0.39, 0.29) is 23.6 Å². The topological polar surface area (TPSA) is 81.8 Å². The number of hydrogen-bond donors (Lipinski definition) is 2. The van der Waals surface area contributed by atoms with Gasteiger partial charge in [-0.3, -0.25) is 0 Å². The van der Waals surface area contributed by atoms with E-state index in [0.717, 1.165) is 0 Å². The summed E-state index contributed by atoms with van der Waals surface area (Å²) in [6.45, 7) is 0.481. The highest BCUT2D eigenvalue weighted by atomic mass is 16.6. The zero-order chi connectivity index (χ0) is 11.3. The Hall–Kier alpha value is -1.75. The van der Waals surface area contributed by atoms with E-state index in [4.69, 9.17) is 15.2 Å². The van der Waals surface area contributed by atoms with Crippen LogP contribution in [0.5, 0.6) is 5.75 Å². The summed E-state index contributed by atoms with van der Waals surface area (Å²) in [7, 11) is 1.51. The number of aromatic hydroxyl groups is 1. The number of carbonyl (C=O) groups excluding carboxylic acids is 1. The molecule has 0 unspecified atom stereocenters. The first kappa shape index (κ1) is 11.3. The number of carbonyl (C=O) groups is 1. The summed E-state index contributed by atoms with van der Waals surface area (Å²) >= 11 is 0. The van der Waals surface area contributed by atoms with Crippen LogP contribution in [-0.4, -0.2) is 31.4 Å². The highest BCUT2D eigenvalue weighted by Crippen LogP contribution is 2.23. The maximum absolute atomic E-state index is 11.4. The molecule has 1 rings (SSSR count). The van der Waals surface area contributed by atoms with Gasteiger partial charge < -0.3 is 20.3 Å². The average Bonchev–Trinajstić information content (AvgIpc) is 2.22. The van der Waals surface area contributed by atoms with Gasteiger partial charge in [-0.25, -0.2) is 4.79 Å². The normalized spacial score (nSPS) is 9.93. The van der Waals surface area contributed by atoms with Crippen molar-refractivity contribution in [3.63, 3.8) is 0 Å². The van der Waals surface area contributed by atoms with Crippen LogP contribution in [0.4, 0.5) is 5.69 Å². The van der Waals surface area contributed by atoms with E-state index in [2.05, 4.69) is 0 Å². The molecule has 0 spiro atoms. The lowest BCUT2D eigenvalue weighted by atomic mass is 10.1.